The Kier molecular flexibility index (Phi) is 5.39. The van der Waals surface area contributed by atoms with Crippen LogP contribution in [-0.4, -0.2) is 23.6 Å². The van der Waals surface area contributed by atoms with Crippen molar-refractivity contribution in [3.05, 3.63) is 81.7 Å². The molecule has 2 bridgehead atoms. The van der Waals surface area contributed by atoms with E-state index in [0.29, 0.717) is 17.2 Å². The van der Waals surface area contributed by atoms with E-state index in [1.807, 2.05) is 54.6 Å². The lowest BCUT2D eigenvalue weighted by Crippen LogP contribution is -2.41. The van der Waals surface area contributed by atoms with Gasteiger partial charge in [0.05, 0.1) is 23.1 Å². The minimum atomic E-state index is -0.396. The molecule has 2 aliphatic heterocycles. The van der Waals surface area contributed by atoms with Crippen LogP contribution in [0.3, 0.4) is 0 Å². The van der Waals surface area contributed by atoms with E-state index in [-0.39, 0.29) is 41.6 Å². The highest BCUT2D eigenvalue weighted by Crippen LogP contribution is 2.62. The van der Waals surface area contributed by atoms with Crippen molar-refractivity contribution in [2.24, 2.45) is 34.7 Å². The van der Waals surface area contributed by atoms with Gasteiger partial charge in [-0.15, -0.1) is 11.3 Å². The number of fused-ring (bicyclic) bond motifs is 9. The van der Waals surface area contributed by atoms with Gasteiger partial charge in [0.1, 0.15) is 29.5 Å². The molecule has 0 unspecified atom stereocenters. The van der Waals surface area contributed by atoms with Crippen LogP contribution in [0.4, 0.5) is 5.00 Å². The molecular formula is C32H27N3O4S. The van der Waals surface area contributed by atoms with E-state index in [1.54, 1.807) is 0 Å². The van der Waals surface area contributed by atoms with Crippen LogP contribution in [0.1, 0.15) is 46.4 Å². The standard InChI is InChI=1S/C32H27N3O4S/c33-15-23-20-8-4-5-9-24(20)40-32(23)35-30(36)25-21-14-22(26(25)31(35)37)29-27(21)28(34-39-29)18-10-12-19(13-11-18)38-16-17-6-2-1-3-7-17/h1-3,6-7,10-13,21-22,25-27,29H,4-5,8-9,14,16H2/t21-,22+,25+,26-,27+,29+/m0/s1. The molecule has 8 heteroatoms. The minimum absolute atomic E-state index is 0.00294. The fourth-order valence-electron chi connectivity index (χ4n) is 7.85. The number of ether oxygens (including phenoxy) is 1. The van der Waals surface area contributed by atoms with E-state index in [9.17, 15) is 14.9 Å². The molecule has 3 aliphatic carbocycles. The van der Waals surface area contributed by atoms with Crippen molar-refractivity contribution >= 4 is 33.9 Å². The molecular weight excluding hydrogens is 522 g/mol. The third-order valence-electron chi connectivity index (χ3n) is 9.56. The molecule has 2 aromatic carbocycles. The van der Waals surface area contributed by atoms with Crippen molar-refractivity contribution in [2.75, 3.05) is 4.90 Å². The number of carbonyl (C=O) groups is 2. The van der Waals surface area contributed by atoms with Crippen molar-refractivity contribution in [3.8, 4) is 11.8 Å². The van der Waals surface area contributed by atoms with Gasteiger partial charge < -0.3 is 9.57 Å². The highest BCUT2D eigenvalue weighted by Gasteiger charge is 2.70. The quantitative estimate of drug-likeness (QED) is 0.405. The molecule has 6 atom stereocenters. The van der Waals surface area contributed by atoms with Gasteiger partial charge in [-0.1, -0.05) is 35.5 Å². The average molecular weight is 550 g/mol. The summed E-state index contributed by atoms with van der Waals surface area (Å²) >= 11 is 1.47. The van der Waals surface area contributed by atoms with Gasteiger partial charge in [0, 0.05) is 22.3 Å². The number of imide groups is 1. The second-order valence-electron chi connectivity index (χ2n) is 11.5. The van der Waals surface area contributed by atoms with E-state index in [4.69, 9.17) is 9.57 Å². The van der Waals surface area contributed by atoms with E-state index >= 15 is 0 Å². The molecule has 2 saturated carbocycles. The summed E-state index contributed by atoms with van der Waals surface area (Å²) in [4.78, 5) is 36.3. The molecule has 3 heterocycles. The average Bonchev–Trinajstić information content (AvgIpc) is 3.79. The van der Waals surface area contributed by atoms with Gasteiger partial charge in [0.25, 0.3) is 0 Å². The SMILES string of the molecule is N#Cc1c(N2C(=O)[C@@H]3[C@@H]4C[C@@H]([C@H]5ON=C(c6ccc(OCc7ccccc7)cc6)[C@@H]45)[C@@H]3C2=O)sc2c1CCCC2. The first-order valence-electron chi connectivity index (χ1n) is 14.1. The molecule has 0 radical (unpaired) electrons. The second-order valence-corrected chi connectivity index (χ2v) is 12.6. The van der Waals surface area contributed by atoms with Crippen LogP contribution in [0.15, 0.2) is 59.8 Å². The lowest BCUT2D eigenvalue weighted by Gasteiger charge is -2.29. The third kappa shape index (κ3) is 3.37. The molecule has 7 nitrogen and oxygen atoms in total. The summed E-state index contributed by atoms with van der Waals surface area (Å²) in [6.45, 7) is 0.495. The van der Waals surface area contributed by atoms with E-state index in [0.717, 1.165) is 65.1 Å². The van der Waals surface area contributed by atoms with Gasteiger partial charge in [0.2, 0.25) is 11.8 Å². The number of amides is 2. The highest BCUT2D eigenvalue weighted by atomic mass is 32.1. The van der Waals surface area contributed by atoms with Crippen LogP contribution < -0.4 is 9.64 Å². The van der Waals surface area contributed by atoms with Gasteiger partial charge in [-0.2, -0.15) is 5.26 Å². The fraction of sp³-hybridized carbons (Fsp3) is 0.375. The highest BCUT2D eigenvalue weighted by molar-refractivity contribution is 7.17. The maximum absolute atomic E-state index is 13.9. The summed E-state index contributed by atoms with van der Waals surface area (Å²) in [6, 6.07) is 20.2. The van der Waals surface area contributed by atoms with Gasteiger partial charge in [-0.25, -0.2) is 4.90 Å². The van der Waals surface area contributed by atoms with Crippen molar-refractivity contribution in [2.45, 2.75) is 44.8 Å². The monoisotopic (exact) mass is 549 g/mol. The number of thiophene rings is 1. The lowest BCUT2D eigenvalue weighted by molar-refractivity contribution is -0.125. The number of rotatable bonds is 5. The van der Waals surface area contributed by atoms with Crippen LogP contribution >= 0.6 is 11.3 Å². The van der Waals surface area contributed by atoms with Crippen LogP contribution in [-0.2, 0) is 33.9 Å². The van der Waals surface area contributed by atoms with Crippen molar-refractivity contribution in [1.29, 1.82) is 5.26 Å². The van der Waals surface area contributed by atoms with Crippen molar-refractivity contribution in [1.82, 2.24) is 0 Å². The number of hydrogen-bond donors (Lipinski definition) is 0. The molecule has 0 N–H and O–H groups in total. The summed E-state index contributed by atoms with van der Waals surface area (Å²) < 4.78 is 5.95. The summed E-state index contributed by atoms with van der Waals surface area (Å²) in [5, 5.41) is 15.0. The van der Waals surface area contributed by atoms with Crippen molar-refractivity contribution < 1.29 is 19.2 Å². The zero-order valence-electron chi connectivity index (χ0n) is 21.8. The summed E-state index contributed by atoms with van der Waals surface area (Å²) in [5.74, 6) is -0.382. The zero-order valence-corrected chi connectivity index (χ0v) is 22.6. The van der Waals surface area contributed by atoms with Gasteiger partial charge in [-0.05, 0) is 73.4 Å². The normalized spacial score (nSPS) is 29.5. The van der Waals surface area contributed by atoms with Gasteiger partial charge in [-0.3, -0.25) is 9.59 Å². The molecule has 40 heavy (non-hydrogen) atoms. The number of benzene rings is 2. The Balaban J connectivity index is 1.04. The number of carbonyl (C=O) groups excluding carboxylic acids is 2. The number of aryl methyl sites for hydroxylation is 1. The predicted molar refractivity (Wildman–Crippen MR) is 149 cm³/mol. The van der Waals surface area contributed by atoms with Crippen molar-refractivity contribution in [3.63, 3.8) is 0 Å². The van der Waals surface area contributed by atoms with Crippen LogP contribution in [0.25, 0.3) is 0 Å². The van der Waals surface area contributed by atoms with E-state index in [1.165, 1.54) is 16.2 Å². The first-order chi connectivity index (χ1) is 19.6. The summed E-state index contributed by atoms with van der Waals surface area (Å²) in [6.07, 6.45) is 4.47. The smallest absolute Gasteiger partial charge is 0.238 e. The first kappa shape index (κ1) is 23.9. The molecule has 2 amide bonds. The second kappa shape index (κ2) is 9.03. The topological polar surface area (TPSA) is 92.0 Å². The Hall–Kier alpha value is -3.96. The summed E-state index contributed by atoms with van der Waals surface area (Å²) in [5.41, 5.74) is 4.49. The minimum Gasteiger partial charge on any atom is -0.489 e. The molecule has 1 aromatic heterocycles. The predicted octanol–water partition coefficient (Wildman–Crippen LogP) is 5.25. The molecule has 5 aliphatic rings. The number of oxime groups is 1. The number of nitrogens with zero attached hydrogens (tertiary/aromatic N) is 3. The fourth-order valence-corrected chi connectivity index (χ4v) is 9.20. The molecule has 200 valence electrons. The first-order valence-corrected chi connectivity index (χ1v) is 14.9. The molecule has 3 fully saturated rings. The molecule has 3 aromatic rings. The third-order valence-corrected chi connectivity index (χ3v) is 10.8. The number of nitriles is 1. The largest absolute Gasteiger partial charge is 0.489 e. The Morgan fingerprint density at radius 2 is 1.73 bits per heavy atom. The maximum atomic E-state index is 13.9. The molecule has 1 saturated heterocycles. The Morgan fingerprint density at radius 1 is 0.975 bits per heavy atom. The van der Waals surface area contributed by atoms with Crippen LogP contribution in [0.2, 0.25) is 0 Å². The zero-order chi connectivity index (χ0) is 27.0. The van der Waals surface area contributed by atoms with Crippen LogP contribution in [0, 0.1) is 40.9 Å². The van der Waals surface area contributed by atoms with Crippen LogP contribution in [0.5, 0.6) is 5.75 Å². The summed E-state index contributed by atoms with van der Waals surface area (Å²) in [7, 11) is 0. The van der Waals surface area contributed by atoms with E-state index < -0.39 is 5.92 Å². The molecule has 8 rings (SSSR count). The van der Waals surface area contributed by atoms with E-state index in [2.05, 4.69) is 11.2 Å². The van der Waals surface area contributed by atoms with Gasteiger partial charge >= 0.3 is 0 Å². The van der Waals surface area contributed by atoms with Gasteiger partial charge in [0.15, 0.2) is 0 Å². The maximum Gasteiger partial charge on any atom is 0.238 e. The molecule has 0 spiro atoms. The Morgan fingerprint density at radius 3 is 2.50 bits per heavy atom. The number of hydrogen-bond acceptors (Lipinski definition) is 7. The Bertz CT molecular complexity index is 1610. The Labute approximate surface area is 236 Å². The lowest BCUT2D eigenvalue weighted by atomic mass is 9.71. The number of anilines is 1.